The number of hydrogen-bond acceptors (Lipinski definition) is 2. The van der Waals surface area contributed by atoms with Crippen LogP contribution in [0.25, 0.3) is 22.6 Å². The normalized spacial score (nSPS) is 10.8. The molecule has 0 atom stereocenters. The Morgan fingerprint density at radius 2 is 1.69 bits per heavy atom. The van der Waals surface area contributed by atoms with E-state index in [1.54, 1.807) is 0 Å². The van der Waals surface area contributed by atoms with Crippen LogP contribution in [-0.4, -0.2) is 4.98 Å². The zero-order valence-electron chi connectivity index (χ0n) is 8.35. The van der Waals surface area contributed by atoms with E-state index >= 15 is 0 Å². The fourth-order valence-electron chi connectivity index (χ4n) is 1.62. The molecule has 0 fully saturated rings. The summed E-state index contributed by atoms with van der Waals surface area (Å²) in [6.45, 7) is 0. The van der Waals surface area contributed by atoms with E-state index in [2.05, 4.69) is 4.98 Å². The first-order valence-electron chi connectivity index (χ1n) is 4.95. The van der Waals surface area contributed by atoms with E-state index in [0.717, 1.165) is 16.7 Å². The first-order chi connectivity index (χ1) is 7.84. The van der Waals surface area contributed by atoms with Crippen LogP contribution in [0.5, 0.6) is 0 Å². The molecule has 1 heterocycles. The summed E-state index contributed by atoms with van der Waals surface area (Å²) in [7, 11) is 0. The number of fused-ring (bicyclic) bond motifs is 1. The number of rotatable bonds is 1. The molecule has 2 aromatic carbocycles. The summed E-state index contributed by atoms with van der Waals surface area (Å²) in [5.41, 5.74) is 2.44. The van der Waals surface area contributed by atoms with Crippen LogP contribution in [0, 0.1) is 0 Å². The number of aromatic nitrogens is 1. The molecular formula is C13H8ClNO. The van der Waals surface area contributed by atoms with Crippen molar-refractivity contribution in [2.45, 2.75) is 0 Å². The lowest BCUT2D eigenvalue weighted by Gasteiger charge is -1.96. The molecule has 0 aliphatic rings. The molecule has 3 heteroatoms. The van der Waals surface area contributed by atoms with Crippen LogP contribution in [0.2, 0.25) is 5.02 Å². The largest absolute Gasteiger partial charge is 0.436 e. The maximum atomic E-state index is 6.09. The van der Waals surface area contributed by atoms with E-state index in [9.17, 15) is 0 Å². The summed E-state index contributed by atoms with van der Waals surface area (Å²) in [5, 5.41) is 0.647. The monoisotopic (exact) mass is 229 g/mol. The maximum Gasteiger partial charge on any atom is 0.228 e. The van der Waals surface area contributed by atoms with Crippen LogP contribution in [-0.2, 0) is 0 Å². The second kappa shape index (κ2) is 3.65. The van der Waals surface area contributed by atoms with Crippen molar-refractivity contribution in [2.24, 2.45) is 0 Å². The molecule has 16 heavy (non-hydrogen) atoms. The average molecular weight is 230 g/mol. The second-order valence-electron chi connectivity index (χ2n) is 3.47. The Morgan fingerprint density at radius 1 is 0.938 bits per heavy atom. The van der Waals surface area contributed by atoms with Crippen molar-refractivity contribution in [2.75, 3.05) is 0 Å². The van der Waals surface area contributed by atoms with Crippen molar-refractivity contribution < 1.29 is 4.42 Å². The molecule has 1 aromatic heterocycles. The minimum Gasteiger partial charge on any atom is -0.436 e. The number of nitrogens with zero attached hydrogens (tertiary/aromatic N) is 1. The van der Waals surface area contributed by atoms with Gasteiger partial charge in [-0.15, -0.1) is 0 Å². The van der Waals surface area contributed by atoms with Crippen LogP contribution in [0.1, 0.15) is 0 Å². The van der Waals surface area contributed by atoms with E-state index in [1.165, 1.54) is 0 Å². The van der Waals surface area contributed by atoms with Gasteiger partial charge in [0.15, 0.2) is 5.58 Å². The third kappa shape index (κ3) is 1.48. The van der Waals surface area contributed by atoms with Crippen LogP contribution < -0.4 is 0 Å². The highest BCUT2D eigenvalue weighted by atomic mass is 35.5. The number of benzene rings is 2. The summed E-state index contributed by atoms with van der Waals surface area (Å²) < 4.78 is 5.64. The third-order valence-electron chi connectivity index (χ3n) is 2.40. The van der Waals surface area contributed by atoms with Gasteiger partial charge in [0, 0.05) is 0 Å². The summed E-state index contributed by atoms with van der Waals surface area (Å²) in [6, 6.07) is 15.2. The van der Waals surface area contributed by atoms with E-state index in [1.807, 2.05) is 48.5 Å². The molecule has 0 bridgehead atoms. The van der Waals surface area contributed by atoms with Crippen LogP contribution in [0.15, 0.2) is 52.9 Å². The summed E-state index contributed by atoms with van der Waals surface area (Å²) in [4.78, 5) is 4.39. The molecule has 0 radical (unpaired) electrons. The fraction of sp³-hybridized carbons (Fsp3) is 0. The first-order valence-corrected chi connectivity index (χ1v) is 5.33. The smallest absolute Gasteiger partial charge is 0.228 e. The molecule has 0 aliphatic carbocycles. The van der Waals surface area contributed by atoms with Gasteiger partial charge in [-0.1, -0.05) is 35.9 Å². The average Bonchev–Trinajstić information content (AvgIpc) is 2.73. The Kier molecular flexibility index (Phi) is 2.15. The number of halogens is 1. The van der Waals surface area contributed by atoms with E-state index in [0.29, 0.717) is 10.9 Å². The molecule has 2 nitrogen and oxygen atoms in total. The molecule has 0 aliphatic heterocycles. The van der Waals surface area contributed by atoms with Crippen molar-refractivity contribution in [3.05, 3.63) is 53.6 Å². The van der Waals surface area contributed by atoms with Gasteiger partial charge in [-0.3, -0.25) is 0 Å². The minimum atomic E-state index is 0.562. The molecule has 0 N–H and O–H groups in total. The zero-order chi connectivity index (χ0) is 11.0. The van der Waals surface area contributed by atoms with Gasteiger partial charge < -0.3 is 4.42 Å². The molecule has 78 valence electrons. The Bertz CT molecular complexity index is 612. The third-order valence-corrected chi connectivity index (χ3v) is 2.73. The standard InChI is InChI=1S/C13H8ClNO/c14-10-6-2-1-5-9(10)13-15-11-7-3-4-8-12(11)16-13/h1-8H. The van der Waals surface area contributed by atoms with E-state index < -0.39 is 0 Å². The molecule has 3 rings (SSSR count). The van der Waals surface area contributed by atoms with Crippen molar-refractivity contribution in [1.29, 1.82) is 0 Å². The minimum absolute atomic E-state index is 0.562. The quantitative estimate of drug-likeness (QED) is 0.627. The van der Waals surface area contributed by atoms with Gasteiger partial charge in [0.1, 0.15) is 5.52 Å². The molecule has 0 amide bonds. The van der Waals surface area contributed by atoms with Crippen molar-refractivity contribution >= 4 is 22.7 Å². The van der Waals surface area contributed by atoms with Gasteiger partial charge in [0.05, 0.1) is 10.6 Å². The summed E-state index contributed by atoms with van der Waals surface area (Å²) in [6.07, 6.45) is 0. The van der Waals surface area contributed by atoms with Crippen molar-refractivity contribution in [1.82, 2.24) is 4.98 Å². The highest BCUT2D eigenvalue weighted by Crippen LogP contribution is 2.29. The molecule has 0 saturated carbocycles. The van der Waals surface area contributed by atoms with E-state index in [-0.39, 0.29) is 0 Å². The van der Waals surface area contributed by atoms with Gasteiger partial charge in [-0.25, -0.2) is 4.98 Å². The Labute approximate surface area is 97.5 Å². The molecule has 0 unspecified atom stereocenters. The SMILES string of the molecule is Clc1ccccc1-c1nc2ccccc2o1. The van der Waals surface area contributed by atoms with Gasteiger partial charge in [0.25, 0.3) is 0 Å². The second-order valence-corrected chi connectivity index (χ2v) is 3.87. The highest BCUT2D eigenvalue weighted by Gasteiger charge is 2.09. The van der Waals surface area contributed by atoms with Gasteiger partial charge >= 0.3 is 0 Å². The molecule has 0 saturated heterocycles. The maximum absolute atomic E-state index is 6.09. The van der Waals surface area contributed by atoms with Crippen molar-refractivity contribution in [3.8, 4) is 11.5 Å². The molecule has 3 aromatic rings. The topological polar surface area (TPSA) is 26.0 Å². The Balaban J connectivity index is 2.23. The van der Waals surface area contributed by atoms with Gasteiger partial charge in [0.2, 0.25) is 5.89 Å². The van der Waals surface area contributed by atoms with E-state index in [4.69, 9.17) is 16.0 Å². The Morgan fingerprint density at radius 3 is 2.50 bits per heavy atom. The lowest BCUT2D eigenvalue weighted by Crippen LogP contribution is -1.77. The number of hydrogen-bond donors (Lipinski definition) is 0. The molecular weight excluding hydrogens is 222 g/mol. The summed E-state index contributed by atoms with van der Waals surface area (Å²) in [5.74, 6) is 0.562. The predicted molar refractivity (Wildman–Crippen MR) is 64.5 cm³/mol. The Hall–Kier alpha value is -1.80. The van der Waals surface area contributed by atoms with Crippen LogP contribution in [0.4, 0.5) is 0 Å². The lowest BCUT2D eigenvalue weighted by molar-refractivity contribution is 0.620. The zero-order valence-corrected chi connectivity index (χ0v) is 9.11. The van der Waals surface area contributed by atoms with Crippen LogP contribution in [0.3, 0.4) is 0 Å². The number of oxazole rings is 1. The first kappa shape index (κ1) is 9.43. The molecule has 0 spiro atoms. The van der Waals surface area contributed by atoms with Gasteiger partial charge in [-0.05, 0) is 24.3 Å². The van der Waals surface area contributed by atoms with Crippen molar-refractivity contribution in [3.63, 3.8) is 0 Å². The fourth-order valence-corrected chi connectivity index (χ4v) is 1.84. The lowest BCUT2D eigenvalue weighted by atomic mass is 10.2. The van der Waals surface area contributed by atoms with Gasteiger partial charge in [-0.2, -0.15) is 0 Å². The van der Waals surface area contributed by atoms with Crippen LogP contribution >= 0.6 is 11.6 Å². The predicted octanol–water partition coefficient (Wildman–Crippen LogP) is 4.15. The summed E-state index contributed by atoms with van der Waals surface area (Å²) >= 11 is 6.09. The highest BCUT2D eigenvalue weighted by molar-refractivity contribution is 6.33. The number of para-hydroxylation sites is 2.